The molecular formula is C28H31NO6. The van der Waals surface area contributed by atoms with E-state index in [2.05, 4.69) is 5.32 Å². The van der Waals surface area contributed by atoms with Crippen LogP contribution in [-0.2, 0) is 14.3 Å². The number of Topliss-reactive ketones (excluding diaryl/α,β-unsaturated/α-hetero) is 1. The quantitative estimate of drug-likeness (QED) is 0.576. The summed E-state index contributed by atoms with van der Waals surface area (Å²) in [4.78, 5) is 27.3. The number of carbonyl (C=O) groups is 2. The van der Waals surface area contributed by atoms with Gasteiger partial charge in [-0.1, -0.05) is 12.1 Å². The maximum atomic E-state index is 13.7. The highest BCUT2D eigenvalue weighted by Crippen LogP contribution is 2.49. The van der Waals surface area contributed by atoms with Crippen LogP contribution in [0.3, 0.4) is 0 Å². The van der Waals surface area contributed by atoms with Crippen molar-refractivity contribution in [1.29, 1.82) is 0 Å². The van der Waals surface area contributed by atoms with Crippen LogP contribution in [0.15, 0.2) is 63.6 Å². The summed E-state index contributed by atoms with van der Waals surface area (Å²) in [7, 11) is 3.14. The van der Waals surface area contributed by atoms with Gasteiger partial charge in [0.1, 0.15) is 11.9 Å². The minimum Gasteiger partial charge on any atom is -0.493 e. The van der Waals surface area contributed by atoms with Crippen LogP contribution in [0.25, 0.3) is 0 Å². The lowest BCUT2D eigenvalue weighted by Gasteiger charge is -2.37. The monoisotopic (exact) mass is 477 g/mol. The molecule has 3 aliphatic rings. The molecule has 2 atom stereocenters. The summed E-state index contributed by atoms with van der Waals surface area (Å²) in [6.07, 6.45) is 6.32. The minimum absolute atomic E-state index is 0.0197. The van der Waals surface area contributed by atoms with Crippen molar-refractivity contribution < 1.29 is 28.2 Å². The van der Waals surface area contributed by atoms with E-state index < -0.39 is 5.92 Å². The van der Waals surface area contributed by atoms with E-state index in [4.69, 9.17) is 18.6 Å². The van der Waals surface area contributed by atoms with Crippen molar-refractivity contribution in [2.24, 2.45) is 0 Å². The maximum absolute atomic E-state index is 13.7. The second-order valence-electron chi connectivity index (χ2n) is 9.43. The number of nitrogens with one attached hydrogen (secondary N) is 1. The first-order chi connectivity index (χ1) is 17.0. The molecule has 1 aromatic carbocycles. The van der Waals surface area contributed by atoms with Crippen molar-refractivity contribution in [1.82, 2.24) is 5.32 Å². The average Bonchev–Trinajstić information content (AvgIpc) is 3.57. The summed E-state index contributed by atoms with van der Waals surface area (Å²) in [5, 5.41) is 3.39. The lowest BCUT2D eigenvalue weighted by Crippen LogP contribution is -2.36. The zero-order valence-electron chi connectivity index (χ0n) is 20.4. The summed E-state index contributed by atoms with van der Waals surface area (Å²) in [6, 6.07) is 9.30. The zero-order chi connectivity index (χ0) is 24.5. The number of furan rings is 1. The number of benzene rings is 1. The van der Waals surface area contributed by atoms with Crippen molar-refractivity contribution in [2.75, 3.05) is 14.2 Å². The highest BCUT2D eigenvalue weighted by Gasteiger charge is 2.43. The van der Waals surface area contributed by atoms with Gasteiger partial charge in [0.05, 0.1) is 32.0 Å². The SMILES string of the molecule is COc1cccc([C@@H]2C(C(=O)OC3CCCC3)=C(C)NC3=C2C(=O)C[C@@H](c2ccco2)C3)c1OC. The van der Waals surface area contributed by atoms with Crippen LogP contribution in [0.2, 0.25) is 0 Å². The highest BCUT2D eigenvalue weighted by atomic mass is 16.5. The molecule has 0 radical (unpaired) electrons. The molecule has 2 aromatic rings. The maximum Gasteiger partial charge on any atom is 0.337 e. The van der Waals surface area contributed by atoms with Crippen LogP contribution in [-0.4, -0.2) is 32.1 Å². The fourth-order valence-electron chi connectivity index (χ4n) is 5.71. The fourth-order valence-corrected chi connectivity index (χ4v) is 5.71. The van der Waals surface area contributed by atoms with E-state index in [1.807, 2.05) is 31.2 Å². The minimum atomic E-state index is -0.616. The Morgan fingerprint density at radius 3 is 2.54 bits per heavy atom. The number of carbonyl (C=O) groups excluding carboxylic acids is 2. The molecule has 7 heteroatoms. The van der Waals surface area contributed by atoms with Gasteiger partial charge in [-0.05, 0) is 57.2 Å². The summed E-state index contributed by atoms with van der Waals surface area (Å²) >= 11 is 0. The summed E-state index contributed by atoms with van der Waals surface area (Å²) < 4.78 is 22.8. The van der Waals surface area contributed by atoms with Crippen LogP contribution in [0.1, 0.15) is 68.6 Å². The third-order valence-corrected chi connectivity index (χ3v) is 7.31. The third kappa shape index (κ3) is 4.24. The van der Waals surface area contributed by atoms with Gasteiger partial charge in [0, 0.05) is 34.9 Å². The molecule has 7 nitrogen and oxygen atoms in total. The number of esters is 1. The van der Waals surface area contributed by atoms with Gasteiger partial charge < -0.3 is 23.9 Å². The Bertz CT molecular complexity index is 1190. The first-order valence-corrected chi connectivity index (χ1v) is 12.2. The number of hydrogen-bond donors (Lipinski definition) is 1. The smallest absolute Gasteiger partial charge is 0.337 e. The lowest BCUT2D eigenvalue weighted by atomic mass is 9.72. The van der Waals surface area contributed by atoms with Gasteiger partial charge in [-0.15, -0.1) is 0 Å². The van der Waals surface area contributed by atoms with Crippen LogP contribution >= 0.6 is 0 Å². The zero-order valence-corrected chi connectivity index (χ0v) is 20.4. The molecule has 0 amide bonds. The van der Waals surface area contributed by atoms with E-state index in [1.165, 1.54) is 0 Å². The standard InChI is InChI=1S/C28H31NO6/c1-16-24(28(31)35-18-8-4-5-9-18)25(19-10-6-11-23(32-2)27(19)33-3)26-20(29-16)14-17(15-21(26)30)22-12-7-13-34-22/h6-7,10-13,17-18,25,29H,4-5,8-9,14-15H2,1-3H3/t17-,25+/m0/s1. The molecule has 1 fully saturated rings. The first-order valence-electron chi connectivity index (χ1n) is 12.2. The number of dihydropyridines is 1. The number of ether oxygens (including phenoxy) is 3. The van der Waals surface area contributed by atoms with E-state index in [1.54, 1.807) is 26.5 Å². The number of hydrogen-bond acceptors (Lipinski definition) is 7. The van der Waals surface area contributed by atoms with Crippen molar-refractivity contribution in [2.45, 2.75) is 63.4 Å². The number of ketones is 1. The summed E-state index contributed by atoms with van der Waals surface area (Å²) in [5.74, 6) is 0.761. The van der Waals surface area contributed by atoms with Crippen molar-refractivity contribution in [3.8, 4) is 11.5 Å². The molecule has 35 heavy (non-hydrogen) atoms. The summed E-state index contributed by atoms with van der Waals surface area (Å²) in [5.41, 5.74) is 3.25. The molecule has 184 valence electrons. The topological polar surface area (TPSA) is 87.0 Å². The predicted octanol–water partition coefficient (Wildman–Crippen LogP) is 5.14. The normalized spacial score (nSPS) is 22.7. The number of rotatable bonds is 6. The molecule has 1 saturated carbocycles. The lowest BCUT2D eigenvalue weighted by molar-refractivity contribution is -0.144. The van der Waals surface area contributed by atoms with Gasteiger partial charge in [0.15, 0.2) is 17.3 Å². The number of para-hydroxylation sites is 1. The second kappa shape index (κ2) is 9.64. The van der Waals surface area contributed by atoms with Gasteiger partial charge >= 0.3 is 5.97 Å². The van der Waals surface area contributed by atoms with Crippen molar-refractivity contribution in [3.63, 3.8) is 0 Å². The molecule has 1 aliphatic heterocycles. The molecule has 0 unspecified atom stereocenters. The first kappa shape index (κ1) is 23.3. The molecule has 2 heterocycles. The van der Waals surface area contributed by atoms with Gasteiger partial charge in [0.2, 0.25) is 0 Å². The van der Waals surface area contributed by atoms with E-state index >= 15 is 0 Å². The summed E-state index contributed by atoms with van der Waals surface area (Å²) in [6.45, 7) is 1.87. The Hall–Kier alpha value is -3.48. The molecule has 5 rings (SSSR count). The molecule has 2 aliphatic carbocycles. The van der Waals surface area contributed by atoms with Gasteiger partial charge in [-0.2, -0.15) is 0 Å². The molecule has 0 spiro atoms. The largest absolute Gasteiger partial charge is 0.493 e. The van der Waals surface area contributed by atoms with E-state index in [0.717, 1.165) is 37.1 Å². The van der Waals surface area contributed by atoms with Gasteiger partial charge in [-0.25, -0.2) is 4.79 Å². The predicted molar refractivity (Wildman–Crippen MR) is 129 cm³/mol. The number of methoxy groups -OCH3 is 2. The van der Waals surface area contributed by atoms with Crippen LogP contribution < -0.4 is 14.8 Å². The Balaban J connectivity index is 1.61. The van der Waals surface area contributed by atoms with Crippen LogP contribution in [0, 0.1) is 0 Å². The van der Waals surface area contributed by atoms with Crippen molar-refractivity contribution >= 4 is 11.8 Å². The third-order valence-electron chi connectivity index (χ3n) is 7.31. The molecular weight excluding hydrogens is 446 g/mol. The van der Waals surface area contributed by atoms with Gasteiger partial charge in [-0.3, -0.25) is 4.79 Å². The van der Waals surface area contributed by atoms with E-state index in [0.29, 0.717) is 46.7 Å². The molecule has 1 aromatic heterocycles. The molecule has 1 N–H and O–H groups in total. The van der Waals surface area contributed by atoms with E-state index in [9.17, 15) is 9.59 Å². The highest BCUT2D eigenvalue weighted by molar-refractivity contribution is 6.04. The molecule has 0 saturated heterocycles. The van der Waals surface area contributed by atoms with Crippen LogP contribution in [0.4, 0.5) is 0 Å². The Labute approximate surface area is 205 Å². The Morgan fingerprint density at radius 1 is 1.06 bits per heavy atom. The fraction of sp³-hybridized carbons (Fsp3) is 0.429. The second-order valence-corrected chi connectivity index (χ2v) is 9.43. The Kier molecular flexibility index (Phi) is 6.41. The van der Waals surface area contributed by atoms with Crippen molar-refractivity contribution in [3.05, 3.63) is 70.5 Å². The number of allylic oxidation sites excluding steroid dienone is 3. The average molecular weight is 478 g/mol. The molecule has 0 bridgehead atoms. The van der Waals surface area contributed by atoms with Gasteiger partial charge in [0.25, 0.3) is 0 Å². The van der Waals surface area contributed by atoms with Crippen LogP contribution in [0.5, 0.6) is 11.5 Å². The van der Waals surface area contributed by atoms with E-state index in [-0.39, 0.29) is 23.8 Å². The Morgan fingerprint density at radius 2 is 1.86 bits per heavy atom.